The summed E-state index contributed by atoms with van der Waals surface area (Å²) in [6.07, 6.45) is 0.992. The number of aromatic nitrogens is 2. The maximum atomic E-state index is 12.7. The summed E-state index contributed by atoms with van der Waals surface area (Å²) in [5, 5.41) is 1.64. The van der Waals surface area contributed by atoms with E-state index in [0.29, 0.717) is 10.6 Å². The number of H-pyrrole nitrogens is 1. The molecule has 2 aromatic carbocycles. The smallest absolute Gasteiger partial charge is 0.339 e. The van der Waals surface area contributed by atoms with Crippen LogP contribution in [0.1, 0.15) is 16.8 Å². The Kier molecular flexibility index (Phi) is 5.39. The molecule has 0 aliphatic rings. The fourth-order valence-electron chi connectivity index (χ4n) is 2.83. The maximum absolute atomic E-state index is 12.7. The molecule has 0 atom stereocenters. The van der Waals surface area contributed by atoms with Crippen LogP contribution in [0.25, 0.3) is 23.2 Å². The number of rotatable bonds is 4. The fourth-order valence-corrected chi connectivity index (χ4v) is 3.97. The van der Waals surface area contributed by atoms with Crippen LogP contribution in [0.3, 0.4) is 0 Å². The number of hydrogen-bond donors (Lipinski definition) is 1. The lowest BCUT2D eigenvalue weighted by Crippen LogP contribution is -2.03. The molecule has 0 aliphatic heterocycles. The van der Waals surface area contributed by atoms with Gasteiger partial charge in [0.1, 0.15) is 5.65 Å². The molecule has 0 radical (unpaired) electrons. The first-order valence-electron chi connectivity index (χ1n) is 8.65. The van der Waals surface area contributed by atoms with Gasteiger partial charge in [-0.25, -0.2) is 4.98 Å². The van der Waals surface area contributed by atoms with Gasteiger partial charge in [0.2, 0.25) is 0 Å². The largest absolute Gasteiger partial charge is 0.416 e. The molecular formula is C22H14ClF3N2S. The highest BCUT2D eigenvalue weighted by molar-refractivity contribution is 7.99. The van der Waals surface area contributed by atoms with Crippen molar-refractivity contribution in [3.05, 3.63) is 88.7 Å². The van der Waals surface area contributed by atoms with Gasteiger partial charge in [-0.2, -0.15) is 13.2 Å². The molecule has 29 heavy (non-hydrogen) atoms. The van der Waals surface area contributed by atoms with E-state index in [1.165, 1.54) is 12.1 Å². The lowest BCUT2D eigenvalue weighted by molar-refractivity contribution is -0.137. The van der Waals surface area contributed by atoms with E-state index in [9.17, 15) is 13.2 Å². The van der Waals surface area contributed by atoms with E-state index in [4.69, 9.17) is 11.6 Å². The van der Waals surface area contributed by atoms with Crippen molar-refractivity contribution >= 4 is 46.5 Å². The molecule has 4 rings (SSSR count). The Balaban J connectivity index is 1.67. The number of nitrogens with zero attached hydrogens (tertiary/aromatic N) is 1. The van der Waals surface area contributed by atoms with Gasteiger partial charge in [-0.1, -0.05) is 41.6 Å². The van der Waals surface area contributed by atoms with Crippen LogP contribution < -0.4 is 0 Å². The molecule has 2 nitrogen and oxygen atoms in total. The van der Waals surface area contributed by atoms with Crippen molar-refractivity contribution in [3.63, 3.8) is 0 Å². The quantitative estimate of drug-likeness (QED) is 0.362. The van der Waals surface area contributed by atoms with Gasteiger partial charge in [0.05, 0.1) is 11.3 Å². The molecule has 146 valence electrons. The summed E-state index contributed by atoms with van der Waals surface area (Å²) in [6.45, 7) is 0. The molecule has 2 heterocycles. The van der Waals surface area contributed by atoms with Crippen molar-refractivity contribution in [2.75, 3.05) is 0 Å². The van der Waals surface area contributed by atoms with E-state index in [1.54, 1.807) is 24.0 Å². The number of aromatic amines is 1. The van der Waals surface area contributed by atoms with Crippen LogP contribution in [0.2, 0.25) is 5.02 Å². The van der Waals surface area contributed by atoms with Gasteiger partial charge >= 0.3 is 6.18 Å². The summed E-state index contributed by atoms with van der Waals surface area (Å²) in [6, 6.07) is 16.4. The number of nitrogens with one attached hydrogen (secondary N) is 1. The SMILES string of the molecule is FC(F)(F)c1ccc(C=Cc2[nH]c3ncccc3c2Sc2ccc(Cl)cc2)cc1. The summed E-state index contributed by atoms with van der Waals surface area (Å²) in [7, 11) is 0. The molecule has 4 aromatic rings. The van der Waals surface area contributed by atoms with Crippen LogP contribution in [-0.2, 0) is 6.18 Å². The van der Waals surface area contributed by atoms with Gasteiger partial charge in [-0.05, 0) is 60.2 Å². The third-order valence-corrected chi connectivity index (χ3v) is 5.67. The first-order valence-corrected chi connectivity index (χ1v) is 9.85. The van der Waals surface area contributed by atoms with Crippen LogP contribution >= 0.6 is 23.4 Å². The summed E-state index contributed by atoms with van der Waals surface area (Å²) in [5.74, 6) is 0. The number of halogens is 4. The van der Waals surface area contributed by atoms with Gasteiger partial charge in [0, 0.05) is 26.4 Å². The lowest BCUT2D eigenvalue weighted by Gasteiger charge is -2.06. The fraction of sp³-hybridized carbons (Fsp3) is 0.0455. The van der Waals surface area contributed by atoms with Crippen molar-refractivity contribution in [2.24, 2.45) is 0 Å². The zero-order valence-corrected chi connectivity index (χ0v) is 16.4. The van der Waals surface area contributed by atoms with E-state index in [1.807, 2.05) is 42.5 Å². The molecule has 0 unspecified atom stereocenters. The molecule has 7 heteroatoms. The zero-order valence-electron chi connectivity index (χ0n) is 14.9. The molecule has 0 amide bonds. The lowest BCUT2D eigenvalue weighted by atomic mass is 10.1. The topological polar surface area (TPSA) is 28.7 Å². The van der Waals surface area contributed by atoms with Gasteiger partial charge in [0.25, 0.3) is 0 Å². The molecule has 0 saturated carbocycles. The Morgan fingerprint density at radius 2 is 1.66 bits per heavy atom. The zero-order chi connectivity index (χ0) is 20.4. The molecule has 0 fully saturated rings. The van der Waals surface area contributed by atoms with Crippen molar-refractivity contribution < 1.29 is 13.2 Å². The number of fused-ring (bicyclic) bond motifs is 1. The predicted molar refractivity (Wildman–Crippen MR) is 112 cm³/mol. The second-order valence-electron chi connectivity index (χ2n) is 6.28. The predicted octanol–water partition coefficient (Wildman–Crippen LogP) is 7.56. The molecule has 0 spiro atoms. The minimum Gasteiger partial charge on any atom is -0.339 e. The first-order chi connectivity index (χ1) is 13.9. The van der Waals surface area contributed by atoms with E-state index >= 15 is 0 Å². The highest BCUT2D eigenvalue weighted by Gasteiger charge is 2.29. The first kappa shape index (κ1) is 19.6. The van der Waals surface area contributed by atoms with Crippen molar-refractivity contribution in [1.82, 2.24) is 9.97 Å². The minimum atomic E-state index is -4.34. The van der Waals surface area contributed by atoms with Gasteiger partial charge in [0.15, 0.2) is 0 Å². The third-order valence-electron chi connectivity index (χ3n) is 4.26. The second-order valence-corrected chi connectivity index (χ2v) is 7.80. The number of pyridine rings is 1. The van der Waals surface area contributed by atoms with E-state index < -0.39 is 11.7 Å². The molecule has 0 saturated heterocycles. The van der Waals surface area contributed by atoms with Crippen LogP contribution in [0.15, 0.2) is 76.7 Å². The monoisotopic (exact) mass is 430 g/mol. The standard InChI is InChI=1S/C22H14ClF3N2S/c23-16-8-10-17(11-9-16)29-20-18-2-1-13-27-21(18)28-19(20)12-5-14-3-6-15(7-4-14)22(24,25)26/h1-13H,(H,27,28). The van der Waals surface area contributed by atoms with Crippen LogP contribution in [-0.4, -0.2) is 9.97 Å². The van der Waals surface area contributed by atoms with Gasteiger partial charge < -0.3 is 4.98 Å². The van der Waals surface area contributed by atoms with Crippen molar-refractivity contribution in [3.8, 4) is 0 Å². The summed E-state index contributed by atoms with van der Waals surface area (Å²) < 4.78 is 38.2. The summed E-state index contributed by atoms with van der Waals surface area (Å²) >= 11 is 7.54. The highest BCUT2D eigenvalue weighted by Crippen LogP contribution is 2.37. The Labute approximate surface area is 174 Å². The van der Waals surface area contributed by atoms with Gasteiger partial charge in [-0.15, -0.1) is 0 Å². The molecule has 2 aromatic heterocycles. The second kappa shape index (κ2) is 7.97. The summed E-state index contributed by atoms with van der Waals surface area (Å²) in [4.78, 5) is 9.64. The van der Waals surface area contributed by atoms with Gasteiger partial charge in [-0.3, -0.25) is 0 Å². The maximum Gasteiger partial charge on any atom is 0.416 e. The average molecular weight is 431 g/mol. The van der Waals surface area contributed by atoms with Crippen LogP contribution in [0.4, 0.5) is 13.2 Å². The normalized spacial score (nSPS) is 12.1. The molecular weight excluding hydrogens is 417 g/mol. The Hall–Kier alpha value is -2.70. The number of hydrogen-bond acceptors (Lipinski definition) is 2. The van der Waals surface area contributed by atoms with Crippen LogP contribution in [0.5, 0.6) is 0 Å². The third kappa shape index (κ3) is 4.49. The number of benzene rings is 2. The van der Waals surface area contributed by atoms with E-state index in [2.05, 4.69) is 9.97 Å². The Morgan fingerprint density at radius 3 is 2.34 bits per heavy atom. The molecule has 0 aliphatic carbocycles. The van der Waals surface area contributed by atoms with Crippen LogP contribution in [0, 0.1) is 0 Å². The molecule has 1 N–H and O–H groups in total. The average Bonchev–Trinajstić information content (AvgIpc) is 3.05. The highest BCUT2D eigenvalue weighted by atomic mass is 35.5. The minimum absolute atomic E-state index is 0.663. The Bertz CT molecular complexity index is 1160. The number of alkyl halides is 3. The molecule has 0 bridgehead atoms. The van der Waals surface area contributed by atoms with Crippen molar-refractivity contribution in [1.29, 1.82) is 0 Å². The Morgan fingerprint density at radius 1 is 0.931 bits per heavy atom. The van der Waals surface area contributed by atoms with E-state index in [-0.39, 0.29) is 0 Å². The summed E-state index contributed by atoms with van der Waals surface area (Å²) in [5.41, 5.74) is 1.59. The van der Waals surface area contributed by atoms with Crippen molar-refractivity contribution in [2.45, 2.75) is 16.0 Å². The van der Waals surface area contributed by atoms with E-state index in [0.717, 1.165) is 38.7 Å².